The number of aromatic nitrogens is 2. The fraction of sp³-hybridized carbons (Fsp3) is 0.444. The van der Waals surface area contributed by atoms with Crippen LogP contribution in [0.3, 0.4) is 0 Å². The Morgan fingerprint density at radius 3 is 2.85 bits per heavy atom. The van der Waals surface area contributed by atoms with E-state index in [9.17, 15) is 4.79 Å². The fourth-order valence-corrected chi connectivity index (χ4v) is 4.65. The number of nitrogens with zero attached hydrogens (tertiary/aromatic N) is 3. The van der Waals surface area contributed by atoms with Gasteiger partial charge in [0.15, 0.2) is 11.5 Å². The van der Waals surface area contributed by atoms with Crippen LogP contribution in [-0.2, 0) is 18.1 Å². The minimum absolute atomic E-state index is 0.0257. The standard InChI is InChI=1S/C18H20N4O3S/c23-17-13-9-26-10-14(13)19-18(20-17)22-5-3-21(4-6-22)8-12-1-2-15-16(7-12)25-11-24-15/h1-2,7H,3-6,8-11H2,(H,19,20,23). The number of thioether (sulfide) groups is 1. The highest BCUT2D eigenvalue weighted by Gasteiger charge is 2.23. The lowest BCUT2D eigenvalue weighted by molar-refractivity contribution is 0.174. The molecule has 1 aromatic carbocycles. The Balaban J connectivity index is 1.24. The summed E-state index contributed by atoms with van der Waals surface area (Å²) in [6, 6.07) is 6.13. The maximum absolute atomic E-state index is 12.2. The molecule has 0 atom stereocenters. The molecule has 7 nitrogen and oxygen atoms in total. The molecule has 136 valence electrons. The van der Waals surface area contributed by atoms with Crippen LogP contribution in [0.1, 0.15) is 16.8 Å². The van der Waals surface area contributed by atoms with E-state index in [-0.39, 0.29) is 5.56 Å². The van der Waals surface area contributed by atoms with E-state index in [2.05, 4.69) is 31.9 Å². The lowest BCUT2D eigenvalue weighted by Crippen LogP contribution is -2.47. The van der Waals surface area contributed by atoms with E-state index < -0.39 is 0 Å². The van der Waals surface area contributed by atoms with E-state index in [4.69, 9.17) is 9.47 Å². The van der Waals surface area contributed by atoms with Crippen LogP contribution in [-0.4, -0.2) is 47.8 Å². The van der Waals surface area contributed by atoms with Gasteiger partial charge in [-0.1, -0.05) is 6.07 Å². The van der Waals surface area contributed by atoms with E-state index in [0.717, 1.165) is 72.9 Å². The van der Waals surface area contributed by atoms with Gasteiger partial charge in [-0.25, -0.2) is 4.98 Å². The summed E-state index contributed by atoms with van der Waals surface area (Å²) in [5.74, 6) is 4.00. The molecule has 0 amide bonds. The number of rotatable bonds is 3. The molecule has 0 saturated carbocycles. The van der Waals surface area contributed by atoms with E-state index in [1.54, 1.807) is 11.8 Å². The molecule has 5 rings (SSSR count). The van der Waals surface area contributed by atoms with E-state index in [0.29, 0.717) is 6.79 Å². The van der Waals surface area contributed by atoms with Crippen molar-refractivity contribution in [3.05, 3.63) is 45.4 Å². The molecule has 0 radical (unpaired) electrons. The summed E-state index contributed by atoms with van der Waals surface area (Å²) >= 11 is 1.75. The van der Waals surface area contributed by atoms with Crippen molar-refractivity contribution in [3.63, 3.8) is 0 Å². The van der Waals surface area contributed by atoms with Crippen LogP contribution < -0.4 is 19.9 Å². The minimum Gasteiger partial charge on any atom is -0.454 e. The molecule has 1 fully saturated rings. The lowest BCUT2D eigenvalue weighted by Gasteiger charge is -2.35. The van der Waals surface area contributed by atoms with Crippen LogP contribution in [0.4, 0.5) is 5.95 Å². The number of aromatic amines is 1. The molecule has 26 heavy (non-hydrogen) atoms. The second-order valence-electron chi connectivity index (χ2n) is 6.76. The first-order valence-corrected chi connectivity index (χ1v) is 9.97. The molecule has 2 aromatic rings. The summed E-state index contributed by atoms with van der Waals surface area (Å²) in [4.78, 5) is 24.5. The van der Waals surface area contributed by atoms with E-state index in [1.165, 1.54) is 5.56 Å². The molecule has 0 unspecified atom stereocenters. The Morgan fingerprint density at radius 2 is 1.96 bits per heavy atom. The second-order valence-corrected chi connectivity index (χ2v) is 7.74. The number of nitrogens with one attached hydrogen (secondary N) is 1. The van der Waals surface area contributed by atoms with Gasteiger partial charge in [0, 0.05) is 49.8 Å². The zero-order valence-corrected chi connectivity index (χ0v) is 15.2. The summed E-state index contributed by atoms with van der Waals surface area (Å²) in [5, 5.41) is 0. The normalized spacial score (nSPS) is 19.0. The Bertz CT molecular complexity index is 892. The molecule has 1 N–H and O–H groups in total. The van der Waals surface area contributed by atoms with Crippen molar-refractivity contribution in [2.24, 2.45) is 0 Å². The maximum atomic E-state index is 12.2. The number of H-pyrrole nitrogens is 1. The monoisotopic (exact) mass is 372 g/mol. The third-order valence-electron chi connectivity index (χ3n) is 5.09. The van der Waals surface area contributed by atoms with Crippen molar-refractivity contribution in [1.29, 1.82) is 0 Å². The number of piperazine rings is 1. The van der Waals surface area contributed by atoms with Crippen molar-refractivity contribution in [2.45, 2.75) is 18.1 Å². The van der Waals surface area contributed by atoms with Gasteiger partial charge in [0.05, 0.1) is 5.69 Å². The van der Waals surface area contributed by atoms with Gasteiger partial charge in [0.2, 0.25) is 12.7 Å². The molecular weight excluding hydrogens is 352 g/mol. The minimum atomic E-state index is 0.0257. The summed E-state index contributed by atoms with van der Waals surface area (Å²) in [5.41, 5.74) is 3.05. The average molecular weight is 372 g/mol. The maximum Gasteiger partial charge on any atom is 0.256 e. The summed E-state index contributed by atoms with van der Waals surface area (Å²) in [7, 11) is 0. The Kier molecular flexibility index (Phi) is 4.01. The third kappa shape index (κ3) is 2.93. The molecule has 1 aromatic heterocycles. The topological polar surface area (TPSA) is 70.7 Å². The van der Waals surface area contributed by atoms with Crippen LogP contribution in [0.2, 0.25) is 0 Å². The second kappa shape index (κ2) is 6.51. The van der Waals surface area contributed by atoms with Crippen molar-refractivity contribution < 1.29 is 9.47 Å². The van der Waals surface area contributed by atoms with Crippen molar-refractivity contribution in [3.8, 4) is 11.5 Å². The van der Waals surface area contributed by atoms with Gasteiger partial charge in [0.1, 0.15) is 0 Å². The smallest absolute Gasteiger partial charge is 0.256 e. The van der Waals surface area contributed by atoms with Gasteiger partial charge in [-0.05, 0) is 17.7 Å². The van der Waals surface area contributed by atoms with Crippen LogP contribution in [0, 0.1) is 0 Å². The number of anilines is 1. The highest BCUT2D eigenvalue weighted by atomic mass is 32.2. The number of benzene rings is 1. The highest BCUT2D eigenvalue weighted by molar-refractivity contribution is 7.98. The van der Waals surface area contributed by atoms with E-state index in [1.807, 2.05) is 6.07 Å². The van der Waals surface area contributed by atoms with Gasteiger partial charge in [-0.15, -0.1) is 0 Å². The Hall–Kier alpha value is -2.19. The lowest BCUT2D eigenvalue weighted by atomic mass is 10.1. The highest BCUT2D eigenvalue weighted by Crippen LogP contribution is 2.33. The predicted molar refractivity (Wildman–Crippen MR) is 99.9 cm³/mol. The molecule has 0 aliphatic carbocycles. The summed E-state index contributed by atoms with van der Waals surface area (Å²) in [6.07, 6.45) is 0. The molecular formula is C18H20N4O3S. The molecule has 3 aliphatic heterocycles. The van der Waals surface area contributed by atoms with Gasteiger partial charge in [0.25, 0.3) is 5.56 Å². The van der Waals surface area contributed by atoms with E-state index >= 15 is 0 Å². The first-order chi connectivity index (χ1) is 12.8. The van der Waals surface area contributed by atoms with Gasteiger partial charge in [-0.2, -0.15) is 11.8 Å². The largest absolute Gasteiger partial charge is 0.454 e. The quantitative estimate of drug-likeness (QED) is 0.877. The van der Waals surface area contributed by atoms with Crippen molar-refractivity contribution in [2.75, 3.05) is 37.9 Å². The molecule has 0 bridgehead atoms. The number of fused-ring (bicyclic) bond motifs is 2. The van der Waals surface area contributed by atoms with Crippen LogP contribution >= 0.6 is 11.8 Å². The van der Waals surface area contributed by atoms with Crippen LogP contribution in [0.5, 0.6) is 11.5 Å². The Morgan fingerprint density at radius 1 is 1.12 bits per heavy atom. The molecule has 8 heteroatoms. The summed E-state index contributed by atoms with van der Waals surface area (Å²) in [6.45, 7) is 4.78. The van der Waals surface area contributed by atoms with Gasteiger partial charge >= 0.3 is 0 Å². The molecule has 0 spiro atoms. The third-order valence-corrected chi connectivity index (χ3v) is 6.06. The van der Waals surface area contributed by atoms with Gasteiger partial charge < -0.3 is 14.4 Å². The zero-order valence-electron chi connectivity index (χ0n) is 14.4. The first-order valence-electron chi connectivity index (χ1n) is 8.82. The van der Waals surface area contributed by atoms with Crippen LogP contribution in [0.25, 0.3) is 0 Å². The fourth-order valence-electron chi connectivity index (χ4n) is 3.61. The zero-order chi connectivity index (χ0) is 17.5. The average Bonchev–Trinajstić information content (AvgIpc) is 3.31. The first kappa shape index (κ1) is 16.0. The van der Waals surface area contributed by atoms with Crippen molar-refractivity contribution >= 4 is 17.7 Å². The van der Waals surface area contributed by atoms with Crippen molar-refractivity contribution in [1.82, 2.24) is 14.9 Å². The number of hydrogen-bond acceptors (Lipinski definition) is 7. The van der Waals surface area contributed by atoms with Gasteiger partial charge in [-0.3, -0.25) is 14.7 Å². The predicted octanol–water partition coefficient (Wildman–Crippen LogP) is 1.57. The summed E-state index contributed by atoms with van der Waals surface area (Å²) < 4.78 is 10.8. The molecule has 1 saturated heterocycles. The Labute approximate surface area is 155 Å². The molecule has 4 heterocycles. The number of ether oxygens (including phenoxy) is 2. The number of hydrogen-bond donors (Lipinski definition) is 1. The molecule has 3 aliphatic rings. The van der Waals surface area contributed by atoms with Crippen LogP contribution in [0.15, 0.2) is 23.0 Å². The SMILES string of the molecule is O=c1[nH]c(N2CCN(Cc3ccc4c(c3)OCO4)CC2)nc2c1CSC2.